The monoisotopic (exact) mass is 332 g/mol. The SMILES string of the molecule is Cn1nnc(Br)c1C(N)C1C2CCc3ccccc3C21. The molecule has 5 heteroatoms. The Bertz CT molecular complexity index is 646. The van der Waals surface area contributed by atoms with Crippen molar-refractivity contribution in [1.82, 2.24) is 15.0 Å². The maximum Gasteiger partial charge on any atom is 0.153 e. The predicted octanol–water partition coefficient (Wildman–Crippen LogP) is 2.55. The Balaban J connectivity index is 1.67. The molecular weight excluding hydrogens is 316 g/mol. The van der Waals surface area contributed by atoms with Gasteiger partial charge in [0, 0.05) is 7.05 Å². The van der Waals surface area contributed by atoms with Crippen LogP contribution < -0.4 is 5.73 Å². The molecule has 0 saturated heterocycles. The van der Waals surface area contributed by atoms with E-state index in [9.17, 15) is 0 Å². The number of nitrogens with two attached hydrogens (primary N) is 1. The molecule has 0 aliphatic heterocycles. The number of nitrogens with zero attached hydrogens (tertiary/aromatic N) is 3. The molecule has 1 aromatic carbocycles. The van der Waals surface area contributed by atoms with Gasteiger partial charge in [-0.25, -0.2) is 4.68 Å². The summed E-state index contributed by atoms with van der Waals surface area (Å²) in [5.41, 5.74) is 10.6. The van der Waals surface area contributed by atoms with Crippen LogP contribution in [0.15, 0.2) is 28.9 Å². The standard InChI is InChI=1S/C15H17BrN4/c1-20-14(15(16)18-19-20)13(17)12-10-7-6-8-4-2-3-5-9(8)11(10)12/h2-5,10-13H,6-7,17H2,1H3. The van der Waals surface area contributed by atoms with Gasteiger partial charge in [0.05, 0.1) is 11.7 Å². The first-order valence-electron chi connectivity index (χ1n) is 7.07. The molecule has 1 aromatic heterocycles. The van der Waals surface area contributed by atoms with E-state index in [1.165, 1.54) is 24.0 Å². The van der Waals surface area contributed by atoms with E-state index in [0.717, 1.165) is 16.2 Å². The summed E-state index contributed by atoms with van der Waals surface area (Å²) < 4.78 is 2.58. The molecular formula is C15H17BrN4. The van der Waals surface area contributed by atoms with Crippen LogP contribution in [0.25, 0.3) is 0 Å². The van der Waals surface area contributed by atoms with Crippen LogP contribution in [0.1, 0.15) is 35.2 Å². The van der Waals surface area contributed by atoms with Crippen molar-refractivity contribution in [3.8, 4) is 0 Å². The van der Waals surface area contributed by atoms with Gasteiger partial charge in [0.15, 0.2) is 4.60 Å². The maximum atomic E-state index is 6.53. The lowest BCUT2D eigenvalue weighted by Gasteiger charge is -2.13. The number of aromatic nitrogens is 3. The second-order valence-corrected chi connectivity index (χ2v) is 6.67. The third kappa shape index (κ3) is 1.69. The van der Waals surface area contributed by atoms with Gasteiger partial charge in [-0.1, -0.05) is 29.5 Å². The van der Waals surface area contributed by atoms with E-state index in [1.807, 2.05) is 7.05 Å². The summed E-state index contributed by atoms with van der Waals surface area (Å²) in [4.78, 5) is 0. The van der Waals surface area contributed by atoms with Crippen LogP contribution in [-0.4, -0.2) is 15.0 Å². The zero-order valence-electron chi connectivity index (χ0n) is 11.3. The molecule has 4 rings (SSSR count). The van der Waals surface area contributed by atoms with E-state index in [2.05, 4.69) is 50.5 Å². The zero-order valence-corrected chi connectivity index (χ0v) is 12.9. The molecule has 4 nitrogen and oxygen atoms in total. The Morgan fingerprint density at radius 2 is 2.20 bits per heavy atom. The highest BCUT2D eigenvalue weighted by Crippen LogP contribution is 2.63. The van der Waals surface area contributed by atoms with Crippen LogP contribution in [0.3, 0.4) is 0 Å². The number of fused-ring (bicyclic) bond motifs is 3. The van der Waals surface area contributed by atoms with Crippen LogP contribution in [-0.2, 0) is 13.5 Å². The van der Waals surface area contributed by atoms with Gasteiger partial charge in [-0.05, 0) is 57.7 Å². The van der Waals surface area contributed by atoms with Crippen LogP contribution >= 0.6 is 15.9 Å². The zero-order chi connectivity index (χ0) is 13.9. The lowest BCUT2D eigenvalue weighted by Crippen LogP contribution is -2.18. The lowest BCUT2D eigenvalue weighted by atomic mass is 9.92. The van der Waals surface area contributed by atoms with Crippen molar-refractivity contribution >= 4 is 15.9 Å². The summed E-state index contributed by atoms with van der Waals surface area (Å²) in [6.07, 6.45) is 2.44. The third-order valence-corrected chi connectivity index (χ3v) is 5.51. The van der Waals surface area contributed by atoms with Gasteiger partial charge in [0.1, 0.15) is 0 Å². The second-order valence-electron chi connectivity index (χ2n) is 5.92. The number of rotatable bonds is 2. The molecule has 104 valence electrons. The van der Waals surface area contributed by atoms with Gasteiger partial charge < -0.3 is 5.73 Å². The largest absolute Gasteiger partial charge is 0.322 e. The Hall–Kier alpha value is -1.20. The molecule has 4 atom stereocenters. The summed E-state index contributed by atoms with van der Waals surface area (Å²) in [6.45, 7) is 0. The molecule has 0 radical (unpaired) electrons. The van der Waals surface area contributed by atoms with E-state index in [-0.39, 0.29) is 6.04 Å². The minimum absolute atomic E-state index is 0.00512. The van der Waals surface area contributed by atoms with Gasteiger partial charge in [0.25, 0.3) is 0 Å². The summed E-state index contributed by atoms with van der Waals surface area (Å²) in [5.74, 6) is 1.87. The molecule has 1 saturated carbocycles. The van der Waals surface area contributed by atoms with Crippen molar-refractivity contribution in [2.75, 3.05) is 0 Å². The van der Waals surface area contributed by atoms with Crippen molar-refractivity contribution in [3.05, 3.63) is 45.7 Å². The van der Waals surface area contributed by atoms with Crippen LogP contribution in [0.2, 0.25) is 0 Å². The van der Waals surface area contributed by atoms with Crippen molar-refractivity contribution in [3.63, 3.8) is 0 Å². The van der Waals surface area contributed by atoms with Crippen molar-refractivity contribution < 1.29 is 0 Å². The summed E-state index contributed by atoms with van der Waals surface area (Å²) in [6, 6.07) is 8.82. The Labute approximate surface area is 126 Å². The lowest BCUT2D eigenvalue weighted by molar-refractivity contribution is 0.516. The van der Waals surface area contributed by atoms with Gasteiger partial charge in [-0.15, -0.1) is 5.10 Å². The molecule has 2 aliphatic rings. The summed E-state index contributed by atoms with van der Waals surface area (Å²) >= 11 is 3.47. The molecule has 2 aliphatic carbocycles. The number of benzene rings is 1. The van der Waals surface area contributed by atoms with E-state index >= 15 is 0 Å². The maximum absolute atomic E-state index is 6.53. The van der Waals surface area contributed by atoms with Crippen LogP contribution in [0.4, 0.5) is 0 Å². The summed E-state index contributed by atoms with van der Waals surface area (Å²) in [7, 11) is 1.91. The Morgan fingerprint density at radius 1 is 1.40 bits per heavy atom. The smallest absolute Gasteiger partial charge is 0.153 e. The summed E-state index contributed by atoms with van der Waals surface area (Å²) in [5, 5.41) is 8.11. The highest BCUT2D eigenvalue weighted by Gasteiger charge is 2.56. The van der Waals surface area contributed by atoms with Gasteiger partial charge >= 0.3 is 0 Å². The molecule has 0 bridgehead atoms. The van der Waals surface area contributed by atoms with Gasteiger partial charge in [-0.2, -0.15) is 0 Å². The number of hydrogen-bond acceptors (Lipinski definition) is 3. The minimum atomic E-state index is 0.00512. The Kier molecular flexibility index (Phi) is 2.76. The fourth-order valence-corrected chi connectivity index (χ4v) is 4.58. The molecule has 0 amide bonds. The molecule has 0 spiro atoms. The molecule has 2 N–H and O–H groups in total. The Morgan fingerprint density at radius 3 is 2.95 bits per heavy atom. The van der Waals surface area contributed by atoms with Crippen molar-refractivity contribution in [2.45, 2.75) is 24.8 Å². The van der Waals surface area contributed by atoms with Crippen molar-refractivity contribution in [1.29, 1.82) is 0 Å². The normalized spacial score (nSPS) is 28.6. The van der Waals surface area contributed by atoms with Crippen LogP contribution in [0.5, 0.6) is 0 Å². The number of aryl methyl sites for hydroxylation is 2. The molecule has 1 heterocycles. The quantitative estimate of drug-likeness (QED) is 0.919. The minimum Gasteiger partial charge on any atom is -0.322 e. The number of halogens is 1. The van der Waals surface area contributed by atoms with E-state index in [4.69, 9.17) is 5.73 Å². The van der Waals surface area contributed by atoms with E-state index in [1.54, 1.807) is 4.68 Å². The second kappa shape index (κ2) is 4.40. The third-order valence-electron chi connectivity index (χ3n) is 4.95. The highest BCUT2D eigenvalue weighted by molar-refractivity contribution is 9.10. The van der Waals surface area contributed by atoms with Gasteiger partial charge in [-0.3, -0.25) is 0 Å². The first-order chi connectivity index (χ1) is 9.68. The van der Waals surface area contributed by atoms with E-state index < -0.39 is 0 Å². The first kappa shape index (κ1) is 12.5. The van der Waals surface area contributed by atoms with Gasteiger partial charge in [0.2, 0.25) is 0 Å². The molecule has 2 aromatic rings. The van der Waals surface area contributed by atoms with Crippen LogP contribution in [0, 0.1) is 11.8 Å². The highest BCUT2D eigenvalue weighted by atomic mass is 79.9. The molecule has 4 unspecified atom stereocenters. The fraction of sp³-hybridized carbons (Fsp3) is 0.467. The molecule has 1 fully saturated rings. The topological polar surface area (TPSA) is 56.7 Å². The molecule has 20 heavy (non-hydrogen) atoms. The first-order valence-corrected chi connectivity index (χ1v) is 7.86. The fourth-order valence-electron chi connectivity index (χ4n) is 3.98. The van der Waals surface area contributed by atoms with Crippen molar-refractivity contribution in [2.24, 2.45) is 24.6 Å². The predicted molar refractivity (Wildman–Crippen MR) is 80.1 cm³/mol. The van der Waals surface area contributed by atoms with E-state index in [0.29, 0.717) is 11.8 Å². The number of hydrogen-bond donors (Lipinski definition) is 1. The average Bonchev–Trinajstić information content (AvgIpc) is 3.11. The average molecular weight is 333 g/mol.